The second-order valence-electron chi connectivity index (χ2n) is 13.2. The number of ether oxygens (including phenoxy) is 9. The third-order valence-electron chi connectivity index (χ3n) is 8.81. The van der Waals surface area contributed by atoms with E-state index in [0.29, 0.717) is 16.9 Å². The van der Waals surface area contributed by atoms with Crippen LogP contribution in [0.1, 0.15) is 31.4 Å². The topological polar surface area (TPSA) is 296 Å². The molecule has 2 aromatic carbocycles. The molecule has 2 aliphatic heterocycles. The second kappa shape index (κ2) is 20.7. The second-order valence-corrected chi connectivity index (χ2v) is 13.2. The first-order valence-electron chi connectivity index (χ1n) is 17.8. The van der Waals surface area contributed by atoms with Crippen LogP contribution in [0.5, 0.6) is 23.0 Å². The lowest BCUT2D eigenvalue weighted by Crippen LogP contribution is -2.62. The molecule has 2 saturated heterocycles. The molecule has 0 unspecified atom stereocenters. The molecule has 0 aromatic heterocycles. The smallest absolute Gasteiger partial charge is 0.331 e. The van der Waals surface area contributed by atoms with Crippen molar-refractivity contribution < 1.29 is 97.9 Å². The van der Waals surface area contributed by atoms with Gasteiger partial charge >= 0.3 is 17.9 Å². The Hall–Kier alpha value is -4.87. The van der Waals surface area contributed by atoms with E-state index in [4.69, 9.17) is 42.6 Å². The number of aliphatic hydroxyl groups is 7. The number of carbonyl (C=O) groups is 3. The van der Waals surface area contributed by atoms with Gasteiger partial charge in [0, 0.05) is 19.9 Å². The van der Waals surface area contributed by atoms with Gasteiger partial charge in [-0.25, -0.2) is 4.79 Å². The van der Waals surface area contributed by atoms with E-state index in [1.165, 1.54) is 51.5 Å². The van der Waals surface area contributed by atoms with Crippen molar-refractivity contribution in [2.24, 2.45) is 0 Å². The molecule has 0 aliphatic carbocycles. The highest BCUT2D eigenvalue weighted by molar-refractivity contribution is 5.87. The molecule has 2 fully saturated rings. The number of methoxy groups -OCH3 is 2. The molecule has 11 atom stereocenters. The molecule has 8 N–H and O–H groups in total. The summed E-state index contributed by atoms with van der Waals surface area (Å²) in [5, 5.41) is 81.7. The summed E-state index contributed by atoms with van der Waals surface area (Å²) in [6.45, 7) is 0.339. The molecule has 0 spiro atoms. The van der Waals surface area contributed by atoms with E-state index in [0.717, 1.165) is 13.0 Å². The Morgan fingerprint density at radius 2 is 1.45 bits per heavy atom. The van der Waals surface area contributed by atoms with E-state index < -0.39 is 110 Å². The summed E-state index contributed by atoms with van der Waals surface area (Å²) in [6.07, 6.45) is -12.1. The molecule has 2 aromatic rings. The summed E-state index contributed by atoms with van der Waals surface area (Å²) in [4.78, 5) is 37.9. The molecule has 2 heterocycles. The van der Waals surface area contributed by atoms with Crippen LogP contribution in [-0.4, -0.2) is 160 Å². The van der Waals surface area contributed by atoms with E-state index >= 15 is 0 Å². The number of benzene rings is 2. The normalized spacial score (nSPS) is 28.4. The SMILES string of the molecule is COc1ccc(/C=C/C(=O)O[C@H]2[C@@H](O[C@@](C)(CC(=O)OC/C=C/c3cc(O)c(O[C@H]4O[C@H](CO)[C@@H](O)[C@H](O)[C@H]4O)c(OC)c3)OC(C)=O)O[C@H](CO)[C@@H](O)[C@@H]2O)cc1. The molecule has 0 saturated carbocycles. The van der Waals surface area contributed by atoms with Crippen molar-refractivity contribution >= 4 is 30.1 Å². The van der Waals surface area contributed by atoms with Crippen LogP contribution in [0.15, 0.2) is 48.6 Å². The van der Waals surface area contributed by atoms with E-state index in [-0.39, 0.29) is 18.1 Å². The van der Waals surface area contributed by atoms with Crippen molar-refractivity contribution in [3.8, 4) is 23.0 Å². The summed E-state index contributed by atoms with van der Waals surface area (Å²) in [5.74, 6) is -5.29. The number of carbonyl (C=O) groups excluding carboxylic acids is 3. The van der Waals surface area contributed by atoms with Gasteiger partial charge in [0.25, 0.3) is 0 Å². The monoisotopic (exact) mass is 824 g/mol. The molecular formula is C38H48O20. The van der Waals surface area contributed by atoms with Crippen molar-refractivity contribution in [3.05, 3.63) is 59.7 Å². The van der Waals surface area contributed by atoms with Gasteiger partial charge in [0.2, 0.25) is 24.1 Å². The third-order valence-corrected chi connectivity index (χ3v) is 8.81. The first kappa shape index (κ1) is 45.8. The van der Waals surface area contributed by atoms with Crippen LogP contribution in [0.3, 0.4) is 0 Å². The van der Waals surface area contributed by atoms with E-state index in [2.05, 4.69) is 0 Å². The molecular weight excluding hydrogens is 776 g/mol. The number of hydrogen-bond acceptors (Lipinski definition) is 20. The highest BCUT2D eigenvalue weighted by atomic mass is 16.8. The van der Waals surface area contributed by atoms with Gasteiger partial charge < -0.3 is 83.5 Å². The zero-order chi connectivity index (χ0) is 42.7. The van der Waals surface area contributed by atoms with Gasteiger partial charge in [-0.2, -0.15) is 0 Å². The van der Waals surface area contributed by atoms with Crippen molar-refractivity contribution in [3.63, 3.8) is 0 Å². The molecule has 2 aliphatic rings. The fourth-order valence-electron chi connectivity index (χ4n) is 5.87. The number of aliphatic hydroxyl groups excluding tert-OH is 7. The first-order valence-corrected chi connectivity index (χ1v) is 17.8. The van der Waals surface area contributed by atoms with Gasteiger partial charge in [-0.05, 0) is 47.5 Å². The summed E-state index contributed by atoms with van der Waals surface area (Å²) in [7, 11) is 2.75. The zero-order valence-electron chi connectivity index (χ0n) is 31.9. The minimum absolute atomic E-state index is 0.0499. The quantitative estimate of drug-likeness (QED) is 0.0406. The Kier molecular flexibility index (Phi) is 16.4. The predicted molar refractivity (Wildman–Crippen MR) is 195 cm³/mol. The Morgan fingerprint density at radius 1 is 0.810 bits per heavy atom. The molecule has 0 radical (unpaired) electrons. The number of phenolic OH excluding ortho intramolecular Hbond substituents is 1. The fourth-order valence-corrected chi connectivity index (χ4v) is 5.87. The number of hydrogen-bond donors (Lipinski definition) is 8. The highest BCUT2D eigenvalue weighted by Crippen LogP contribution is 2.40. The van der Waals surface area contributed by atoms with Crippen molar-refractivity contribution in [2.75, 3.05) is 34.0 Å². The minimum Gasteiger partial charge on any atom is -0.504 e. The molecule has 0 bridgehead atoms. The number of rotatable bonds is 17. The van der Waals surface area contributed by atoms with Gasteiger partial charge in [0.05, 0.1) is 27.4 Å². The third kappa shape index (κ3) is 11.9. The summed E-state index contributed by atoms with van der Waals surface area (Å²) < 4.78 is 48.6. The summed E-state index contributed by atoms with van der Waals surface area (Å²) in [6, 6.07) is 9.27. The Balaban J connectivity index is 1.42. The van der Waals surface area contributed by atoms with E-state index in [9.17, 15) is 55.2 Å². The van der Waals surface area contributed by atoms with Gasteiger partial charge in [-0.3, -0.25) is 9.59 Å². The average molecular weight is 825 g/mol. The lowest BCUT2D eigenvalue weighted by atomic mass is 9.99. The number of esters is 3. The fraction of sp³-hybridized carbons (Fsp3) is 0.500. The summed E-state index contributed by atoms with van der Waals surface area (Å²) >= 11 is 0. The first-order chi connectivity index (χ1) is 27.5. The van der Waals surface area contributed by atoms with Gasteiger partial charge in [-0.1, -0.05) is 18.2 Å². The average Bonchev–Trinajstić information content (AvgIpc) is 3.18. The Bertz CT molecular complexity index is 1750. The zero-order valence-corrected chi connectivity index (χ0v) is 31.9. The van der Waals surface area contributed by atoms with Crippen LogP contribution in [-0.2, 0) is 42.8 Å². The molecule has 20 nitrogen and oxygen atoms in total. The van der Waals surface area contributed by atoms with Gasteiger partial charge in [0.1, 0.15) is 61.5 Å². The Morgan fingerprint density at radius 3 is 2.05 bits per heavy atom. The predicted octanol–water partition coefficient (Wildman–Crippen LogP) is -1.11. The minimum atomic E-state index is -2.17. The van der Waals surface area contributed by atoms with Crippen LogP contribution in [0, 0.1) is 0 Å². The number of phenols is 1. The van der Waals surface area contributed by atoms with Gasteiger partial charge in [0.15, 0.2) is 17.6 Å². The largest absolute Gasteiger partial charge is 0.504 e. The van der Waals surface area contributed by atoms with Crippen LogP contribution in [0.25, 0.3) is 12.2 Å². The van der Waals surface area contributed by atoms with Crippen molar-refractivity contribution in [1.29, 1.82) is 0 Å². The van der Waals surface area contributed by atoms with E-state index in [1.807, 2.05) is 0 Å². The molecule has 4 rings (SSSR count). The highest BCUT2D eigenvalue weighted by Gasteiger charge is 2.50. The van der Waals surface area contributed by atoms with Crippen LogP contribution >= 0.6 is 0 Å². The maximum Gasteiger partial charge on any atom is 0.331 e. The molecule has 20 heteroatoms. The standard InChI is InChI=1S/C38H48O20/c1-19(41)57-38(2,58-37-35(32(48)30(46)26(18-40)54-37)55-27(43)12-9-20-7-10-22(50-3)11-8-20)16-28(44)52-13-5-6-21-14-23(42)34(24(15-21)51-4)56-36-33(49)31(47)29(45)25(17-39)53-36/h5-12,14-15,25-26,29-33,35-37,39-40,42,45-49H,13,16-18H2,1-4H3/b6-5+,12-9+/t25-,26-,29-,30-,31+,32+,33-,35-,36-,37-,38+/m1/s1. The molecule has 320 valence electrons. The summed E-state index contributed by atoms with van der Waals surface area (Å²) in [5.41, 5.74) is 0.908. The Labute approximate surface area is 331 Å². The number of aromatic hydroxyl groups is 1. The molecule has 0 amide bonds. The lowest BCUT2D eigenvalue weighted by molar-refractivity contribution is -0.358. The lowest BCUT2D eigenvalue weighted by Gasteiger charge is -2.43. The van der Waals surface area contributed by atoms with Crippen molar-refractivity contribution in [1.82, 2.24) is 0 Å². The van der Waals surface area contributed by atoms with Crippen LogP contribution in [0.2, 0.25) is 0 Å². The molecule has 58 heavy (non-hydrogen) atoms. The maximum atomic E-state index is 13.0. The van der Waals surface area contributed by atoms with Crippen LogP contribution in [0.4, 0.5) is 0 Å². The maximum absolute atomic E-state index is 13.0. The van der Waals surface area contributed by atoms with Gasteiger partial charge in [-0.15, -0.1) is 0 Å². The van der Waals surface area contributed by atoms with E-state index in [1.54, 1.807) is 24.3 Å². The van der Waals surface area contributed by atoms with Crippen LogP contribution < -0.4 is 14.2 Å². The van der Waals surface area contributed by atoms with Crippen molar-refractivity contribution in [2.45, 2.75) is 87.5 Å².